The molecule has 0 bridgehead atoms. The average molecular weight is 361 g/mol. The highest BCUT2D eigenvalue weighted by Crippen LogP contribution is 2.22. The van der Waals surface area contributed by atoms with Gasteiger partial charge in [-0.1, -0.05) is 22.8 Å². The van der Waals surface area contributed by atoms with Crippen LogP contribution in [-0.4, -0.2) is 24.7 Å². The van der Waals surface area contributed by atoms with Gasteiger partial charge in [0.05, 0.1) is 5.75 Å². The Morgan fingerprint density at radius 3 is 2.70 bits per heavy atom. The molecule has 1 N–H and O–H groups in total. The minimum absolute atomic E-state index is 0.00620. The highest BCUT2D eigenvalue weighted by molar-refractivity contribution is 7.92. The molecule has 0 saturated heterocycles. The summed E-state index contributed by atoms with van der Waals surface area (Å²) in [7, 11) is -3.84. The summed E-state index contributed by atoms with van der Waals surface area (Å²) in [5.74, 6) is -1.17. The Morgan fingerprint density at radius 2 is 2.13 bits per heavy atom. The van der Waals surface area contributed by atoms with Crippen LogP contribution in [0.1, 0.15) is 18.2 Å². The van der Waals surface area contributed by atoms with Crippen molar-refractivity contribution in [1.82, 2.24) is 5.16 Å². The maximum Gasteiger partial charge on any atom is 0.243 e. The van der Waals surface area contributed by atoms with Crippen molar-refractivity contribution in [2.45, 2.75) is 24.9 Å². The fourth-order valence-electron chi connectivity index (χ4n) is 1.80. The van der Waals surface area contributed by atoms with Gasteiger partial charge >= 0.3 is 0 Å². The van der Waals surface area contributed by atoms with Gasteiger partial charge in [-0.3, -0.25) is 4.79 Å². The van der Waals surface area contributed by atoms with Crippen LogP contribution < -0.4 is 5.32 Å². The number of halogens is 2. The summed E-state index contributed by atoms with van der Waals surface area (Å²) < 4.78 is 42.4. The minimum Gasteiger partial charge on any atom is -0.360 e. The topological polar surface area (TPSA) is 89.3 Å². The van der Waals surface area contributed by atoms with E-state index in [0.717, 1.165) is 12.1 Å². The van der Waals surface area contributed by atoms with Gasteiger partial charge in [0.25, 0.3) is 0 Å². The Morgan fingerprint density at radius 1 is 1.43 bits per heavy atom. The number of carbonyl (C=O) groups excluding carboxylic acids is 1. The summed E-state index contributed by atoms with van der Waals surface area (Å²) in [6.45, 7) is 2.90. The van der Waals surface area contributed by atoms with E-state index in [1.807, 2.05) is 0 Å². The third-order valence-electron chi connectivity index (χ3n) is 3.16. The van der Waals surface area contributed by atoms with E-state index in [9.17, 15) is 17.6 Å². The van der Waals surface area contributed by atoms with Crippen LogP contribution in [0.4, 0.5) is 10.2 Å². The van der Waals surface area contributed by atoms with Crippen molar-refractivity contribution in [3.8, 4) is 0 Å². The maximum atomic E-state index is 13.0. The Balaban J connectivity index is 2.13. The molecule has 2 aromatic rings. The molecule has 0 aliphatic rings. The van der Waals surface area contributed by atoms with Gasteiger partial charge in [-0.15, -0.1) is 0 Å². The quantitative estimate of drug-likeness (QED) is 0.885. The van der Waals surface area contributed by atoms with Crippen LogP contribution in [0, 0.1) is 12.7 Å². The van der Waals surface area contributed by atoms with Gasteiger partial charge in [0.15, 0.2) is 15.7 Å². The van der Waals surface area contributed by atoms with E-state index < -0.39 is 32.6 Å². The summed E-state index contributed by atoms with van der Waals surface area (Å²) in [6.07, 6.45) is 0. The number of nitrogens with zero attached hydrogens (tertiary/aromatic N) is 1. The fraction of sp³-hybridized carbons (Fsp3) is 0.286. The summed E-state index contributed by atoms with van der Waals surface area (Å²) in [6, 6.07) is 4.88. The zero-order valence-corrected chi connectivity index (χ0v) is 13.9. The van der Waals surface area contributed by atoms with Gasteiger partial charge in [-0.05, 0) is 31.5 Å². The van der Waals surface area contributed by atoms with Crippen molar-refractivity contribution < 1.29 is 22.1 Å². The predicted molar refractivity (Wildman–Crippen MR) is 83.4 cm³/mol. The molecule has 1 aromatic heterocycles. The number of nitrogens with one attached hydrogen (secondary N) is 1. The second kappa shape index (κ2) is 6.67. The van der Waals surface area contributed by atoms with Gasteiger partial charge in [-0.2, -0.15) is 0 Å². The molecule has 6 nitrogen and oxygen atoms in total. The number of hydrogen-bond donors (Lipinski definition) is 1. The molecule has 1 heterocycles. The molecule has 1 atom stereocenters. The summed E-state index contributed by atoms with van der Waals surface area (Å²) in [4.78, 5) is 12.0. The number of carbonyl (C=O) groups is 1. The van der Waals surface area contributed by atoms with Crippen LogP contribution in [-0.2, 0) is 20.4 Å². The van der Waals surface area contributed by atoms with Crippen molar-refractivity contribution >= 4 is 33.2 Å². The monoisotopic (exact) mass is 360 g/mol. The molecule has 0 fully saturated rings. The average Bonchev–Trinajstić information content (AvgIpc) is 2.86. The van der Waals surface area contributed by atoms with Gasteiger partial charge < -0.3 is 9.84 Å². The van der Waals surface area contributed by atoms with Gasteiger partial charge in [-0.25, -0.2) is 12.8 Å². The third-order valence-corrected chi connectivity index (χ3v) is 5.52. The summed E-state index contributed by atoms with van der Waals surface area (Å²) in [5.41, 5.74) is 0.227. The molecule has 23 heavy (non-hydrogen) atoms. The smallest absolute Gasteiger partial charge is 0.243 e. The first-order chi connectivity index (χ1) is 10.7. The Kier molecular flexibility index (Phi) is 5.06. The molecule has 0 aliphatic heterocycles. The fourth-order valence-corrected chi connectivity index (χ4v) is 3.43. The van der Waals surface area contributed by atoms with Crippen LogP contribution in [0.2, 0.25) is 5.02 Å². The van der Waals surface area contributed by atoms with E-state index in [0.29, 0.717) is 5.76 Å². The van der Waals surface area contributed by atoms with Crippen LogP contribution in [0.25, 0.3) is 0 Å². The number of aryl methyl sites for hydroxylation is 1. The van der Waals surface area contributed by atoms with Crippen molar-refractivity contribution in [2.75, 3.05) is 5.32 Å². The molecule has 124 valence electrons. The normalized spacial score (nSPS) is 12.9. The molecular formula is C14H14ClFN2O4S. The predicted octanol–water partition coefficient (Wildman–Crippen LogP) is 2.72. The molecule has 0 spiro atoms. The van der Waals surface area contributed by atoms with E-state index in [1.165, 1.54) is 19.1 Å². The van der Waals surface area contributed by atoms with Crippen molar-refractivity contribution in [3.05, 3.63) is 46.4 Å². The molecule has 2 rings (SSSR count). The van der Waals surface area contributed by atoms with Gasteiger partial charge in [0.2, 0.25) is 5.91 Å². The van der Waals surface area contributed by atoms with E-state index >= 15 is 0 Å². The second-order valence-electron chi connectivity index (χ2n) is 5.00. The lowest BCUT2D eigenvalue weighted by Gasteiger charge is -2.13. The first-order valence-electron chi connectivity index (χ1n) is 6.59. The minimum atomic E-state index is -3.84. The van der Waals surface area contributed by atoms with Gasteiger partial charge in [0, 0.05) is 11.1 Å². The van der Waals surface area contributed by atoms with Crippen LogP contribution in [0.3, 0.4) is 0 Å². The lowest BCUT2D eigenvalue weighted by molar-refractivity contribution is -0.115. The first kappa shape index (κ1) is 17.4. The number of amides is 1. The van der Waals surface area contributed by atoms with Crippen LogP contribution >= 0.6 is 11.6 Å². The standard InChI is InChI=1S/C14H14ClFN2O4S/c1-8-5-13(18-22-8)17-14(19)9(2)23(20,21)7-10-3-4-11(16)6-12(10)15/h3-6,9H,7H2,1-2H3,(H,17,18,19). The number of sulfone groups is 1. The zero-order chi connectivity index (χ0) is 17.2. The number of rotatable bonds is 5. The third kappa shape index (κ3) is 4.29. The molecular weight excluding hydrogens is 347 g/mol. The Labute approximate surface area is 137 Å². The first-order valence-corrected chi connectivity index (χ1v) is 8.68. The molecule has 0 saturated carbocycles. The van der Waals surface area contributed by atoms with Crippen molar-refractivity contribution in [1.29, 1.82) is 0 Å². The van der Waals surface area contributed by atoms with Crippen LogP contribution in [0.15, 0.2) is 28.8 Å². The molecule has 1 amide bonds. The van der Waals surface area contributed by atoms with E-state index in [-0.39, 0.29) is 16.4 Å². The summed E-state index contributed by atoms with van der Waals surface area (Å²) in [5, 5.41) is 4.59. The number of anilines is 1. The van der Waals surface area contributed by atoms with Crippen LogP contribution in [0.5, 0.6) is 0 Å². The van der Waals surface area contributed by atoms with Crippen molar-refractivity contribution in [2.24, 2.45) is 0 Å². The molecule has 0 radical (unpaired) electrons. The number of aromatic nitrogens is 1. The second-order valence-corrected chi connectivity index (χ2v) is 7.73. The van der Waals surface area contributed by atoms with Gasteiger partial charge in [0.1, 0.15) is 16.8 Å². The number of benzene rings is 1. The molecule has 9 heteroatoms. The highest BCUT2D eigenvalue weighted by atomic mass is 35.5. The Bertz CT molecular complexity index is 835. The molecule has 0 aliphatic carbocycles. The largest absolute Gasteiger partial charge is 0.360 e. The van der Waals surface area contributed by atoms with E-state index in [4.69, 9.17) is 16.1 Å². The van der Waals surface area contributed by atoms with E-state index in [1.54, 1.807) is 6.92 Å². The highest BCUT2D eigenvalue weighted by Gasteiger charge is 2.29. The number of hydrogen-bond acceptors (Lipinski definition) is 5. The Hall–Kier alpha value is -1.93. The lowest BCUT2D eigenvalue weighted by atomic mass is 10.2. The SMILES string of the molecule is Cc1cc(NC(=O)C(C)S(=O)(=O)Cc2ccc(F)cc2Cl)no1. The lowest BCUT2D eigenvalue weighted by Crippen LogP contribution is -2.33. The summed E-state index contributed by atoms with van der Waals surface area (Å²) >= 11 is 5.82. The molecule has 1 unspecified atom stereocenters. The maximum absolute atomic E-state index is 13.0. The van der Waals surface area contributed by atoms with E-state index in [2.05, 4.69) is 10.5 Å². The molecule has 1 aromatic carbocycles. The van der Waals surface area contributed by atoms with Crippen molar-refractivity contribution in [3.63, 3.8) is 0 Å². The zero-order valence-electron chi connectivity index (χ0n) is 12.3.